The molecule has 0 saturated carbocycles. The molecule has 2 aromatic rings. The molecule has 1 aliphatic heterocycles. The van der Waals surface area contributed by atoms with E-state index in [-0.39, 0.29) is 18.0 Å². The van der Waals surface area contributed by atoms with Crippen LogP contribution in [0.25, 0.3) is 0 Å². The van der Waals surface area contributed by atoms with Gasteiger partial charge in [-0.3, -0.25) is 4.79 Å². The maximum Gasteiger partial charge on any atom is 0.252 e. The van der Waals surface area contributed by atoms with Gasteiger partial charge in [0.2, 0.25) is 5.90 Å². The molecular formula is C24H30N2O2. The first-order valence-electron chi connectivity index (χ1n) is 10.2. The van der Waals surface area contributed by atoms with Crippen molar-refractivity contribution in [3.63, 3.8) is 0 Å². The molecular weight excluding hydrogens is 348 g/mol. The normalized spacial score (nSPS) is 23.3. The minimum absolute atomic E-state index is 0.0589. The molecule has 1 aliphatic rings. The van der Waals surface area contributed by atoms with Gasteiger partial charge in [-0.25, -0.2) is 4.99 Å². The van der Waals surface area contributed by atoms with Crippen molar-refractivity contribution in [1.82, 2.24) is 4.90 Å². The Balaban J connectivity index is 2.04. The van der Waals surface area contributed by atoms with Crippen LogP contribution in [0.4, 0.5) is 0 Å². The van der Waals surface area contributed by atoms with Crippen molar-refractivity contribution in [1.29, 1.82) is 0 Å². The number of nitrogens with zero attached hydrogens (tertiary/aromatic N) is 2. The van der Waals surface area contributed by atoms with Gasteiger partial charge in [-0.1, -0.05) is 67.6 Å². The van der Waals surface area contributed by atoms with Gasteiger partial charge in [0.1, 0.15) is 11.6 Å². The summed E-state index contributed by atoms with van der Waals surface area (Å²) in [5, 5.41) is 0. The van der Waals surface area contributed by atoms with Gasteiger partial charge in [-0.2, -0.15) is 0 Å². The number of aliphatic imine (C=N–C) groups is 1. The van der Waals surface area contributed by atoms with E-state index in [2.05, 4.69) is 31.2 Å². The predicted octanol–water partition coefficient (Wildman–Crippen LogP) is 4.80. The van der Waals surface area contributed by atoms with Gasteiger partial charge < -0.3 is 9.64 Å². The number of amides is 1. The minimum Gasteiger partial charge on any atom is -0.480 e. The standard InChI is InChI=1S/C24H30N2O2/c1-5-24(17-20-13-9-7-10-14-20)23(27)26(19(4)22(25-24)28-6-2)18(3)21-15-11-8-12-16-21/h7-16,18-19H,5-6,17H2,1-4H3/t18-,19-,24+/m1/s1. The minimum atomic E-state index is -0.832. The fraction of sp³-hybridized carbons (Fsp3) is 0.417. The molecule has 0 N–H and O–H groups in total. The van der Waals surface area contributed by atoms with Crippen LogP contribution < -0.4 is 0 Å². The number of ether oxygens (including phenoxy) is 1. The van der Waals surface area contributed by atoms with E-state index in [1.807, 2.05) is 62.1 Å². The Morgan fingerprint density at radius 3 is 2.25 bits per heavy atom. The average molecular weight is 379 g/mol. The maximum atomic E-state index is 13.8. The van der Waals surface area contributed by atoms with E-state index in [0.717, 1.165) is 11.1 Å². The highest BCUT2D eigenvalue weighted by Gasteiger charge is 2.48. The van der Waals surface area contributed by atoms with Crippen LogP contribution in [0.1, 0.15) is 51.3 Å². The third kappa shape index (κ3) is 3.82. The number of carbonyl (C=O) groups excluding carboxylic acids is 1. The summed E-state index contributed by atoms with van der Waals surface area (Å²) in [7, 11) is 0. The molecule has 0 unspecified atom stereocenters. The van der Waals surface area contributed by atoms with Crippen LogP contribution in [0.15, 0.2) is 65.7 Å². The van der Waals surface area contributed by atoms with Crippen LogP contribution in [-0.4, -0.2) is 34.9 Å². The molecule has 1 amide bonds. The van der Waals surface area contributed by atoms with Crippen molar-refractivity contribution in [2.45, 2.75) is 58.2 Å². The lowest BCUT2D eigenvalue weighted by Crippen LogP contribution is -2.59. The number of hydrogen-bond donors (Lipinski definition) is 0. The Hall–Kier alpha value is -2.62. The summed E-state index contributed by atoms with van der Waals surface area (Å²) in [5.41, 5.74) is 1.39. The van der Waals surface area contributed by atoms with Crippen LogP contribution in [0.2, 0.25) is 0 Å². The molecule has 28 heavy (non-hydrogen) atoms. The van der Waals surface area contributed by atoms with E-state index in [4.69, 9.17) is 9.73 Å². The molecule has 3 rings (SSSR count). The third-order valence-corrected chi connectivity index (χ3v) is 5.65. The molecule has 0 aliphatic carbocycles. The lowest BCUT2D eigenvalue weighted by atomic mass is 9.84. The molecule has 4 nitrogen and oxygen atoms in total. The van der Waals surface area contributed by atoms with E-state index in [9.17, 15) is 4.79 Å². The van der Waals surface area contributed by atoms with Gasteiger partial charge in [0, 0.05) is 6.42 Å². The summed E-state index contributed by atoms with van der Waals surface area (Å²) in [6.45, 7) is 8.63. The molecule has 3 atom stereocenters. The summed E-state index contributed by atoms with van der Waals surface area (Å²) < 4.78 is 5.91. The zero-order valence-corrected chi connectivity index (χ0v) is 17.3. The summed E-state index contributed by atoms with van der Waals surface area (Å²) in [6, 6.07) is 20.0. The molecule has 1 heterocycles. The smallest absolute Gasteiger partial charge is 0.252 e. The molecule has 4 heteroatoms. The second-order valence-electron chi connectivity index (χ2n) is 7.41. The van der Waals surface area contributed by atoms with Gasteiger partial charge in [-0.05, 0) is 38.3 Å². The number of rotatable bonds is 6. The summed E-state index contributed by atoms with van der Waals surface area (Å²) in [5.74, 6) is 0.730. The van der Waals surface area contributed by atoms with Crippen molar-refractivity contribution >= 4 is 11.8 Å². The lowest BCUT2D eigenvalue weighted by molar-refractivity contribution is -0.142. The number of benzene rings is 2. The molecule has 0 bridgehead atoms. The molecule has 0 aromatic heterocycles. The first-order chi connectivity index (χ1) is 13.5. The van der Waals surface area contributed by atoms with Crippen molar-refractivity contribution in [2.24, 2.45) is 4.99 Å². The van der Waals surface area contributed by atoms with Gasteiger partial charge in [-0.15, -0.1) is 0 Å². The predicted molar refractivity (Wildman–Crippen MR) is 113 cm³/mol. The summed E-state index contributed by atoms with van der Waals surface area (Å²) in [6.07, 6.45) is 1.20. The zero-order chi connectivity index (χ0) is 20.1. The highest BCUT2D eigenvalue weighted by atomic mass is 16.5. The van der Waals surface area contributed by atoms with Gasteiger partial charge in [0.05, 0.1) is 12.6 Å². The number of carbonyl (C=O) groups is 1. The topological polar surface area (TPSA) is 41.9 Å². The Morgan fingerprint density at radius 1 is 1.07 bits per heavy atom. The molecule has 148 valence electrons. The van der Waals surface area contributed by atoms with Gasteiger partial charge in [0.25, 0.3) is 5.91 Å². The fourth-order valence-electron chi connectivity index (χ4n) is 4.00. The molecule has 0 saturated heterocycles. The van der Waals surface area contributed by atoms with E-state index < -0.39 is 5.54 Å². The van der Waals surface area contributed by atoms with Crippen molar-refractivity contribution in [3.8, 4) is 0 Å². The van der Waals surface area contributed by atoms with Crippen LogP contribution in [0.3, 0.4) is 0 Å². The van der Waals surface area contributed by atoms with Crippen LogP contribution in [-0.2, 0) is 16.0 Å². The highest BCUT2D eigenvalue weighted by molar-refractivity contribution is 5.98. The average Bonchev–Trinajstić information content (AvgIpc) is 2.73. The van der Waals surface area contributed by atoms with Gasteiger partial charge >= 0.3 is 0 Å². The first kappa shape index (κ1) is 20.1. The summed E-state index contributed by atoms with van der Waals surface area (Å²) in [4.78, 5) is 20.7. The summed E-state index contributed by atoms with van der Waals surface area (Å²) >= 11 is 0. The van der Waals surface area contributed by atoms with E-state index in [1.54, 1.807) is 0 Å². The maximum absolute atomic E-state index is 13.8. The second-order valence-corrected chi connectivity index (χ2v) is 7.41. The Kier molecular flexibility index (Phi) is 6.18. The largest absolute Gasteiger partial charge is 0.480 e. The molecule has 2 aromatic carbocycles. The van der Waals surface area contributed by atoms with E-state index in [0.29, 0.717) is 25.3 Å². The Bertz CT molecular complexity index is 819. The first-order valence-corrected chi connectivity index (χ1v) is 10.2. The van der Waals surface area contributed by atoms with Crippen molar-refractivity contribution in [2.75, 3.05) is 6.61 Å². The second kappa shape index (κ2) is 8.59. The van der Waals surface area contributed by atoms with E-state index in [1.165, 1.54) is 0 Å². The third-order valence-electron chi connectivity index (χ3n) is 5.65. The zero-order valence-electron chi connectivity index (χ0n) is 17.3. The van der Waals surface area contributed by atoms with Crippen LogP contribution in [0.5, 0.6) is 0 Å². The Morgan fingerprint density at radius 2 is 1.68 bits per heavy atom. The van der Waals surface area contributed by atoms with E-state index >= 15 is 0 Å². The molecule has 0 fully saturated rings. The van der Waals surface area contributed by atoms with Crippen molar-refractivity contribution < 1.29 is 9.53 Å². The van der Waals surface area contributed by atoms with Crippen LogP contribution in [0, 0.1) is 0 Å². The van der Waals surface area contributed by atoms with Gasteiger partial charge in [0.15, 0.2) is 0 Å². The van der Waals surface area contributed by atoms with Crippen LogP contribution >= 0.6 is 0 Å². The monoisotopic (exact) mass is 378 g/mol. The quantitative estimate of drug-likeness (QED) is 0.724. The highest BCUT2D eigenvalue weighted by Crippen LogP contribution is 2.35. The molecule has 0 radical (unpaired) electrons. The Labute approximate surface area is 168 Å². The fourth-order valence-corrected chi connectivity index (χ4v) is 4.00. The number of hydrogen-bond acceptors (Lipinski definition) is 3. The SMILES string of the molecule is CCOC1=N[C@@](CC)(Cc2ccccc2)C(=O)N([C@H](C)c2ccccc2)[C@@H]1C. The van der Waals surface area contributed by atoms with Crippen molar-refractivity contribution in [3.05, 3.63) is 71.8 Å². The lowest BCUT2D eigenvalue weighted by Gasteiger charge is -2.45. The molecule has 0 spiro atoms.